The number of carboxylic acids is 1. The average Bonchev–Trinajstić information content (AvgIpc) is 2.68. The fraction of sp³-hybridized carbons (Fsp3) is 0.750. The van der Waals surface area contributed by atoms with E-state index in [0.29, 0.717) is 13.0 Å². The van der Waals surface area contributed by atoms with E-state index in [9.17, 15) is 4.79 Å². The van der Waals surface area contributed by atoms with E-state index in [1.54, 1.807) is 4.68 Å². The molecule has 0 radical (unpaired) electrons. The fourth-order valence-corrected chi connectivity index (χ4v) is 1.68. The topological polar surface area (TPSA) is 80.0 Å². The molecule has 18 heavy (non-hydrogen) atoms. The Morgan fingerprint density at radius 2 is 2.22 bits per heavy atom. The molecular formula is C12H22N4O2. The van der Waals surface area contributed by atoms with Crippen LogP contribution in [0.5, 0.6) is 0 Å². The van der Waals surface area contributed by atoms with Gasteiger partial charge in [-0.05, 0) is 24.8 Å². The Hall–Kier alpha value is -1.43. The van der Waals surface area contributed by atoms with E-state index < -0.39 is 5.97 Å². The van der Waals surface area contributed by atoms with Gasteiger partial charge in [0.15, 0.2) is 0 Å². The molecule has 6 heteroatoms. The summed E-state index contributed by atoms with van der Waals surface area (Å²) in [7, 11) is 1.86. The molecule has 0 aliphatic rings. The first-order valence-electron chi connectivity index (χ1n) is 6.16. The summed E-state index contributed by atoms with van der Waals surface area (Å²) in [4.78, 5) is 14.7. The van der Waals surface area contributed by atoms with Crippen molar-refractivity contribution < 1.29 is 9.90 Å². The highest BCUT2D eigenvalue weighted by atomic mass is 16.4. The molecule has 102 valence electrons. The third-order valence-corrected chi connectivity index (χ3v) is 3.08. The van der Waals surface area contributed by atoms with Gasteiger partial charge < -0.3 is 10.4 Å². The number of hydrogen-bond acceptors (Lipinski definition) is 4. The minimum Gasteiger partial charge on any atom is -0.481 e. The first-order valence-corrected chi connectivity index (χ1v) is 6.16. The van der Waals surface area contributed by atoms with Crippen molar-refractivity contribution >= 4 is 5.97 Å². The third kappa shape index (κ3) is 5.27. The van der Waals surface area contributed by atoms with Crippen LogP contribution in [0.3, 0.4) is 0 Å². The van der Waals surface area contributed by atoms with Crippen LogP contribution < -0.4 is 5.32 Å². The van der Waals surface area contributed by atoms with Gasteiger partial charge in [0, 0.05) is 13.5 Å². The summed E-state index contributed by atoms with van der Waals surface area (Å²) in [6.07, 6.45) is 3.41. The minimum atomic E-state index is -0.727. The SMILES string of the molecule is Cn1ncnc1CNCCC(C)(C)CCC(=O)O. The average molecular weight is 254 g/mol. The molecule has 1 aromatic rings. The lowest BCUT2D eigenvalue weighted by atomic mass is 9.84. The highest BCUT2D eigenvalue weighted by Gasteiger charge is 2.18. The Balaban J connectivity index is 2.20. The molecule has 0 aliphatic heterocycles. The molecule has 0 saturated heterocycles. The van der Waals surface area contributed by atoms with Crippen molar-refractivity contribution in [2.45, 2.75) is 39.7 Å². The summed E-state index contributed by atoms with van der Waals surface area (Å²) in [5, 5.41) is 16.0. The molecule has 0 aromatic carbocycles. The van der Waals surface area contributed by atoms with Crippen molar-refractivity contribution in [1.82, 2.24) is 20.1 Å². The van der Waals surface area contributed by atoms with Gasteiger partial charge in [-0.15, -0.1) is 0 Å². The van der Waals surface area contributed by atoms with Gasteiger partial charge in [0.2, 0.25) is 0 Å². The normalized spacial score (nSPS) is 11.7. The highest BCUT2D eigenvalue weighted by molar-refractivity contribution is 5.66. The standard InChI is InChI=1S/C12H22N4O2/c1-12(2,5-4-11(17)18)6-7-13-8-10-14-9-15-16(10)3/h9,13H,4-8H2,1-3H3,(H,17,18). The molecule has 0 atom stereocenters. The highest BCUT2D eigenvalue weighted by Crippen LogP contribution is 2.25. The molecule has 0 amide bonds. The second-order valence-corrected chi connectivity index (χ2v) is 5.28. The van der Waals surface area contributed by atoms with Gasteiger partial charge in [-0.2, -0.15) is 5.10 Å². The summed E-state index contributed by atoms with van der Waals surface area (Å²) in [5.74, 6) is 0.175. The van der Waals surface area contributed by atoms with Crippen LogP contribution in [0, 0.1) is 5.41 Å². The molecule has 0 aliphatic carbocycles. The fourth-order valence-electron chi connectivity index (χ4n) is 1.68. The molecular weight excluding hydrogens is 232 g/mol. The molecule has 0 spiro atoms. The quantitative estimate of drug-likeness (QED) is 0.681. The first-order chi connectivity index (χ1) is 8.41. The van der Waals surface area contributed by atoms with E-state index >= 15 is 0 Å². The Bertz CT molecular complexity index is 387. The van der Waals surface area contributed by atoms with Crippen LogP contribution >= 0.6 is 0 Å². The van der Waals surface area contributed by atoms with Crippen LogP contribution in [0.4, 0.5) is 0 Å². The second kappa shape index (κ2) is 6.49. The van der Waals surface area contributed by atoms with Crippen LogP contribution in [0.15, 0.2) is 6.33 Å². The lowest BCUT2D eigenvalue weighted by Gasteiger charge is -2.23. The van der Waals surface area contributed by atoms with Crippen molar-refractivity contribution in [3.05, 3.63) is 12.2 Å². The monoisotopic (exact) mass is 254 g/mol. The minimum absolute atomic E-state index is 0.0469. The smallest absolute Gasteiger partial charge is 0.303 e. The molecule has 2 N–H and O–H groups in total. The molecule has 0 fully saturated rings. The maximum absolute atomic E-state index is 10.5. The summed E-state index contributed by atoms with van der Waals surface area (Å²) in [5.41, 5.74) is 0.0469. The number of aromatic nitrogens is 3. The maximum atomic E-state index is 10.5. The number of hydrogen-bond donors (Lipinski definition) is 2. The number of aliphatic carboxylic acids is 1. The van der Waals surface area contributed by atoms with Gasteiger partial charge in [-0.25, -0.2) is 4.98 Å². The van der Waals surface area contributed by atoms with Gasteiger partial charge in [0.1, 0.15) is 12.2 Å². The van der Waals surface area contributed by atoms with Crippen molar-refractivity contribution in [3.8, 4) is 0 Å². The number of aryl methyl sites for hydroxylation is 1. The molecule has 6 nitrogen and oxygen atoms in total. The summed E-state index contributed by atoms with van der Waals surface area (Å²) in [6, 6.07) is 0. The summed E-state index contributed by atoms with van der Waals surface area (Å²) in [6.45, 7) is 5.73. The second-order valence-electron chi connectivity index (χ2n) is 5.28. The molecule has 1 rings (SSSR count). The van der Waals surface area contributed by atoms with E-state index in [1.165, 1.54) is 6.33 Å². The predicted octanol–water partition coefficient (Wildman–Crippen LogP) is 1.19. The third-order valence-electron chi connectivity index (χ3n) is 3.08. The molecule has 0 saturated carbocycles. The predicted molar refractivity (Wildman–Crippen MR) is 68.0 cm³/mol. The maximum Gasteiger partial charge on any atom is 0.303 e. The van der Waals surface area contributed by atoms with E-state index in [-0.39, 0.29) is 11.8 Å². The van der Waals surface area contributed by atoms with Gasteiger partial charge in [0.05, 0.1) is 6.54 Å². The zero-order valence-electron chi connectivity index (χ0n) is 11.3. The Kier molecular flexibility index (Phi) is 5.27. The summed E-state index contributed by atoms with van der Waals surface area (Å²) >= 11 is 0. The van der Waals surface area contributed by atoms with Gasteiger partial charge in [-0.3, -0.25) is 9.48 Å². The van der Waals surface area contributed by atoms with Crippen LogP contribution in [-0.4, -0.2) is 32.4 Å². The van der Waals surface area contributed by atoms with E-state index in [4.69, 9.17) is 5.11 Å². The van der Waals surface area contributed by atoms with Crippen molar-refractivity contribution in [3.63, 3.8) is 0 Å². The van der Waals surface area contributed by atoms with Gasteiger partial charge >= 0.3 is 5.97 Å². The number of nitrogens with zero attached hydrogens (tertiary/aromatic N) is 3. The van der Waals surface area contributed by atoms with E-state index in [1.807, 2.05) is 7.05 Å². The van der Waals surface area contributed by atoms with E-state index in [0.717, 1.165) is 18.8 Å². The first kappa shape index (κ1) is 14.6. The molecule has 0 unspecified atom stereocenters. The number of nitrogens with one attached hydrogen (secondary N) is 1. The molecule has 1 heterocycles. The molecule has 1 aromatic heterocycles. The Morgan fingerprint density at radius 3 is 2.78 bits per heavy atom. The largest absolute Gasteiger partial charge is 0.481 e. The Morgan fingerprint density at radius 1 is 1.50 bits per heavy atom. The lowest BCUT2D eigenvalue weighted by molar-refractivity contribution is -0.137. The number of carbonyl (C=O) groups is 1. The lowest BCUT2D eigenvalue weighted by Crippen LogP contribution is -2.24. The van der Waals surface area contributed by atoms with Crippen LogP contribution in [0.25, 0.3) is 0 Å². The Labute approximate surface area is 107 Å². The van der Waals surface area contributed by atoms with Crippen molar-refractivity contribution in [2.24, 2.45) is 12.5 Å². The number of carboxylic acid groups (broad SMARTS) is 1. The summed E-state index contributed by atoms with van der Waals surface area (Å²) < 4.78 is 1.74. The van der Waals surface area contributed by atoms with Gasteiger partial charge in [-0.1, -0.05) is 13.8 Å². The van der Waals surface area contributed by atoms with Crippen molar-refractivity contribution in [1.29, 1.82) is 0 Å². The van der Waals surface area contributed by atoms with Crippen molar-refractivity contribution in [2.75, 3.05) is 6.54 Å². The number of rotatable bonds is 8. The van der Waals surface area contributed by atoms with Crippen LogP contribution in [0.1, 0.15) is 38.9 Å². The van der Waals surface area contributed by atoms with Gasteiger partial charge in [0.25, 0.3) is 0 Å². The zero-order valence-corrected chi connectivity index (χ0v) is 11.3. The van der Waals surface area contributed by atoms with Crippen LogP contribution in [-0.2, 0) is 18.4 Å². The van der Waals surface area contributed by atoms with Crippen LogP contribution in [0.2, 0.25) is 0 Å². The van der Waals surface area contributed by atoms with E-state index in [2.05, 4.69) is 29.2 Å². The zero-order chi connectivity index (χ0) is 13.6. The molecule has 0 bridgehead atoms.